The zero-order chi connectivity index (χ0) is 18.6. The second kappa shape index (κ2) is 7.69. The molecule has 0 spiro atoms. The van der Waals surface area contributed by atoms with Crippen molar-refractivity contribution in [1.82, 2.24) is 4.90 Å². The number of ether oxygens (including phenoxy) is 1. The van der Waals surface area contributed by atoms with Crippen LogP contribution in [0.2, 0.25) is 0 Å². The Balaban J connectivity index is 2.06. The van der Waals surface area contributed by atoms with Crippen LogP contribution in [-0.2, 0) is 4.79 Å². The Morgan fingerprint density at radius 2 is 1.80 bits per heavy atom. The molecule has 0 aliphatic heterocycles. The molecule has 0 N–H and O–H groups in total. The fraction of sp³-hybridized carbons (Fsp3) is 0.235. The minimum Gasteiger partial charge on any atom is -0.477 e. The number of nitro benzene ring substituents is 1. The summed E-state index contributed by atoms with van der Waals surface area (Å²) in [6.45, 7) is 1.25. The van der Waals surface area contributed by atoms with Gasteiger partial charge in [0.15, 0.2) is 6.61 Å². The third-order valence-corrected chi connectivity index (χ3v) is 3.80. The molecule has 6 nitrogen and oxygen atoms in total. The van der Waals surface area contributed by atoms with E-state index in [0.29, 0.717) is 5.56 Å². The lowest BCUT2D eigenvalue weighted by molar-refractivity contribution is -0.385. The molecule has 0 aliphatic carbocycles. The molecule has 0 radical (unpaired) electrons. The minimum absolute atomic E-state index is 0.318. The largest absolute Gasteiger partial charge is 0.477 e. The molecule has 0 saturated heterocycles. The van der Waals surface area contributed by atoms with Crippen LogP contribution in [0.15, 0.2) is 42.5 Å². The van der Waals surface area contributed by atoms with Gasteiger partial charge in [-0.3, -0.25) is 14.9 Å². The Morgan fingerprint density at radius 1 is 1.20 bits per heavy atom. The monoisotopic (exact) mass is 350 g/mol. The third kappa shape index (κ3) is 4.50. The standard InChI is InChI=1S/C17H16F2N2O4/c1-11(12-3-5-13(18)6-4-12)20(2)17(22)10-25-16-9-14(19)7-8-15(16)21(23)24/h3-9,11H,10H2,1-2H3. The summed E-state index contributed by atoms with van der Waals surface area (Å²) in [5, 5.41) is 10.9. The Labute approximate surface area is 142 Å². The van der Waals surface area contributed by atoms with Crippen molar-refractivity contribution >= 4 is 11.6 Å². The highest BCUT2D eigenvalue weighted by atomic mass is 19.1. The summed E-state index contributed by atoms with van der Waals surface area (Å²) in [6, 6.07) is 8.10. The van der Waals surface area contributed by atoms with Crippen LogP contribution in [0.5, 0.6) is 5.75 Å². The van der Waals surface area contributed by atoms with Gasteiger partial charge in [0.25, 0.3) is 5.91 Å². The number of nitro groups is 1. The Bertz CT molecular complexity index is 781. The second-order valence-corrected chi connectivity index (χ2v) is 5.39. The first-order valence-electron chi connectivity index (χ1n) is 7.37. The molecule has 0 aliphatic rings. The van der Waals surface area contributed by atoms with Crippen LogP contribution in [0.25, 0.3) is 0 Å². The molecule has 2 rings (SSSR count). The van der Waals surface area contributed by atoms with Gasteiger partial charge in [0.1, 0.15) is 11.6 Å². The van der Waals surface area contributed by atoms with Crippen LogP contribution >= 0.6 is 0 Å². The molecule has 0 heterocycles. The van der Waals surface area contributed by atoms with Gasteiger partial charge in [-0.1, -0.05) is 12.1 Å². The average molecular weight is 350 g/mol. The summed E-state index contributed by atoms with van der Waals surface area (Å²) >= 11 is 0. The molecule has 2 aromatic carbocycles. The molecule has 8 heteroatoms. The summed E-state index contributed by atoms with van der Waals surface area (Å²) in [4.78, 5) is 23.8. The number of halogens is 2. The fourth-order valence-electron chi connectivity index (χ4n) is 2.18. The molecule has 1 atom stereocenters. The molecule has 25 heavy (non-hydrogen) atoms. The van der Waals surface area contributed by atoms with Gasteiger partial charge in [0, 0.05) is 19.2 Å². The van der Waals surface area contributed by atoms with Crippen LogP contribution in [0.4, 0.5) is 14.5 Å². The normalized spacial score (nSPS) is 11.7. The molecule has 1 unspecified atom stereocenters. The van der Waals surface area contributed by atoms with E-state index in [9.17, 15) is 23.7 Å². The number of likely N-dealkylation sites (N-methyl/N-ethyl adjacent to an activating group) is 1. The predicted octanol–water partition coefficient (Wildman–Crippen LogP) is 3.47. The smallest absolute Gasteiger partial charge is 0.311 e. The van der Waals surface area contributed by atoms with Crippen LogP contribution in [0.3, 0.4) is 0 Å². The molecule has 132 valence electrons. The third-order valence-electron chi connectivity index (χ3n) is 3.80. The number of carbonyl (C=O) groups excluding carboxylic acids is 1. The number of carbonyl (C=O) groups is 1. The van der Waals surface area contributed by atoms with Crippen LogP contribution in [0.1, 0.15) is 18.5 Å². The molecular weight excluding hydrogens is 334 g/mol. The van der Waals surface area contributed by atoms with Gasteiger partial charge in [-0.15, -0.1) is 0 Å². The lowest BCUT2D eigenvalue weighted by Gasteiger charge is -2.25. The topological polar surface area (TPSA) is 72.7 Å². The number of hydrogen-bond donors (Lipinski definition) is 0. The van der Waals surface area contributed by atoms with E-state index in [1.807, 2.05) is 0 Å². The zero-order valence-electron chi connectivity index (χ0n) is 13.6. The van der Waals surface area contributed by atoms with Crippen molar-refractivity contribution < 1.29 is 23.2 Å². The van der Waals surface area contributed by atoms with Crippen molar-refractivity contribution in [3.05, 3.63) is 69.8 Å². The van der Waals surface area contributed by atoms with Gasteiger partial charge in [-0.25, -0.2) is 8.78 Å². The number of rotatable bonds is 6. The summed E-state index contributed by atoms with van der Waals surface area (Å²) in [6.07, 6.45) is 0. The molecule has 2 aromatic rings. The zero-order valence-corrected chi connectivity index (χ0v) is 13.6. The second-order valence-electron chi connectivity index (χ2n) is 5.39. The molecule has 0 fully saturated rings. The summed E-state index contributed by atoms with van der Waals surface area (Å²) in [5.41, 5.74) is 0.289. The van der Waals surface area contributed by atoms with Crippen LogP contribution in [0, 0.1) is 21.7 Å². The van der Waals surface area contributed by atoms with Crippen molar-refractivity contribution in [3.63, 3.8) is 0 Å². The van der Waals surface area contributed by atoms with E-state index >= 15 is 0 Å². The summed E-state index contributed by atoms with van der Waals surface area (Å²) in [7, 11) is 1.53. The first-order valence-corrected chi connectivity index (χ1v) is 7.37. The van der Waals surface area contributed by atoms with E-state index in [1.54, 1.807) is 19.1 Å². The van der Waals surface area contributed by atoms with E-state index in [0.717, 1.165) is 18.2 Å². The molecular formula is C17H16F2N2O4. The Morgan fingerprint density at radius 3 is 2.40 bits per heavy atom. The first-order chi connectivity index (χ1) is 11.8. The number of benzene rings is 2. The lowest BCUT2D eigenvalue weighted by atomic mass is 10.1. The van der Waals surface area contributed by atoms with Gasteiger partial charge in [-0.2, -0.15) is 0 Å². The molecule has 0 aromatic heterocycles. The molecule has 0 saturated carbocycles. The van der Waals surface area contributed by atoms with Gasteiger partial charge in [0.2, 0.25) is 5.75 Å². The van der Waals surface area contributed by atoms with Crippen LogP contribution < -0.4 is 4.74 Å². The van der Waals surface area contributed by atoms with E-state index in [-0.39, 0.29) is 17.6 Å². The van der Waals surface area contributed by atoms with Gasteiger partial charge in [-0.05, 0) is 30.7 Å². The van der Waals surface area contributed by atoms with Gasteiger partial charge in [0.05, 0.1) is 11.0 Å². The summed E-state index contributed by atoms with van der Waals surface area (Å²) < 4.78 is 31.3. The average Bonchev–Trinajstić information content (AvgIpc) is 2.58. The van der Waals surface area contributed by atoms with Gasteiger partial charge >= 0.3 is 5.69 Å². The van der Waals surface area contributed by atoms with Crippen molar-refractivity contribution in [2.45, 2.75) is 13.0 Å². The summed E-state index contributed by atoms with van der Waals surface area (Å²) in [5.74, 6) is -1.87. The molecule has 1 amide bonds. The fourth-order valence-corrected chi connectivity index (χ4v) is 2.18. The highest BCUT2D eigenvalue weighted by Crippen LogP contribution is 2.27. The van der Waals surface area contributed by atoms with E-state index in [2.05, 4.69) is 0 Å². The molecule has 0 bridgehead atoms. The van der Waals surface area contributed by atoms with Crippen molar-refractivity contribution in [3.8, 4) is 5.75 Å². The maximum atomic E-state index is 13.2. The Hall–Kier alpha value is -3.03. The quantitative estimate of drug-likeness (QED) is 0.591. The highest BCUT2D eigenvalue weighted by Gasteiger charge is 2.21. The number of hydrogen-bond acceptors (Lipinski definition) is 4. The number of amides is 1. The SMILES string of the molecule is CC(c1ccc(F)cc1)N(C)C(=O)COc1cc(F)ccc1[N+](=O)[O-]. The van der Waals surface area contributed by atoms with Crippen molar-refractivity contribution in [2.75, 3.05) is 13.7 Å². The predicted molar refractivity (Wildman–Crippen MR) is 86.1 cm³/mol. The maximum absolute atomic E-state index is 13.2. The van der Waals surface area contributed by atoms with Crippen LogP contribution in [-0.4, -0.2) is 29.4 Å². The first kappa shape index (κ1) is 18.3. The highest BCUT2D eigenvalue weighted by molar-refractivity contribution is 5.78. The van der Waals surface area contributed by atoms with E-state index < -0.39 is 28.9 Å². The maximum Gasteiger partial charge on any atom is 0.311 e. The lowest BCUT2D eigenvalue weighted by Crippen LogP contribution is -2.33. The minimum atomic E-state index is -0.718. The van der Waals surface area contributed by atoms with E-state index in [4.69, 9.17) is 4.74 Å². The Kier molecular flexibility index (Phi) is 5.63. The van der Waals surface area contributed by atoms with Gasteiger partial charge < -0.3 is 9.64 Å². The van der Waals surface area contributed by atoms with Crippen molar-refractivity contribution in [2.24, 2.45) is 0 Å². The van der Waals surface area contributed by atoms with E-state index in [1.165, 1.54) is 24.1 Å². The van der Waals surface area contributed by atoms with Crippen molar-refractivity contribution in [1.29, 1.82) is 0 Å². The number of nitrogens with zero attached hydrogens (tertiary/aromatic N) is 2.